The first kappa shape index (κ1) is 15.5. The summed E-state index contributed by atoms with van der Waals surface area (Å²) in [6.07, 6.45) is 0. The smallest absolute Gasteiger partial charge is 0.264 e. The standard InChI is InChI=1S/C15H17FN2O2S/c1-2-18(14-7-5-13(16)6-8-14)21(19,20)15-9-3-12(11-17)4-10-15/h3-10H,2,11,17H2,1H3. The number of sulfonamides is 1. The van der Waals surface area contributed by atoms with Crippen LogP contribution in [0.1, 0.15) is 12.5 Å². The Morgan fingerprint density at radius 2 is 1.62 bits per heavy atom. The van der Waals surface area contributed by atoms with Crippen LogP contribution in [0.5, 0.6) is 0 Å². The van der Waals surface area contributed by atoms with E-state index in [0.717, 1.165) is 5.56 Å². The Kier molecular flexibility index (Phi) is 4.59. The van der Waals surface area contributed by atoms with Crippen molar-refractivity contribution in [2.45, 2.75) is 18.4 Å². The molecule has 2 N–H and O–H groups in total. The van der Waals surface area contributed by atoms with Crippen molar-refractivity contribution in [2.24, 2.45) is 5.73 Å². The topological polar surface area (TPSA) is 63.4 Å². The van der Waals surface area contributed by atoms with Crippen molar-refractivity contribution in [1.29, 1.82) is 0 Å². The molecular formula is C15H17FN2O2S. The first-order valence-electron chi connectivity index (χ1n) is 6.56. The Balaban J connectivity index is 2.41. The highest BCUT2D eigenvalue weighted by Crippen LogP contribution is 2.23. The van der Waals surface area contributed by atoms with Crippen LogP contribution in [0.4, 0.5) is 10.1 Å². The van der Waals surface area contributed by atoms with Crippen LogP contribution >= 0.6 is 0 Å². The first-order valence-corrected chi connectivity index (χ1v) is 8.00. The fourth-order valence-electron chi connectivity index (χ4n) is 2.02. The van der Waals surface area contributed by atoms with Gasteiger partial charge in [0.1, 0.15) is 5.82 Å². The summed E-state index contributed by atoms with van der Waals surface area (Å²) in [5.74, 6) is -0.403. The summed E-state index contributed by atoms with van der Waals surface area (Å²) in [5, 5.41) is 0. The van der Waals surface area contributed by atoms with Gasteiger partial charge >= 0.3 is 0 Å². The molecule has 0 heterocycles. The minimum Gasteiger partial charge on any atom is -0.326 e. The molecule has 112 valence electrons. The SMILES string of the molecule is CCN(c1ccc(F)cc1)S(=O)(=O)c1ccc(CN)cc1. The van der Waals surface area contributed by atoms with Gasteiger partial charge in [0.25, 0.3) is 10.0 Å². The molecule has 0 saturated carbocycles. The van der Waals surface area contributed by atoms with E-state index < -0.39 is 15.8 Å². The number of nitrogens with two attached hydrogens (primary N) is 1. The van der Waals surface area contributed by atoms with Gasteiger partial charge < -0.3 is 5.73 Å². The molecule has 0 spiro atoms. The van der Waals surface area contributed by atoms with Crippen LogP contribution < -0.4 is 10.0 Å². The van der Waals surface area contributed by atoms with Crippen molar-refractivity contribution in [3.05, 3.63) is 59.9 Å². The molecule has 0 fully saturated rings. The molecule has 0 aromatic heterocycles. The molecule has 0 aliphatic rings. The highest BCUT2D eigenvalue weighted by molar-refractivity contribution is 7.92. The van der Waals surface area contributed by atoms with Gasteiger partial charge in [-0.1, -0.05) is 12.1 Å². The molecule has 0 radical (unpaired) electrons. The maximum Gasteiger partial charge on any atom is 0.264 e. The van der Waals surface area contributed by atoms with E-state index in [4.69, 9.17) is 5.73 Å². The lowest BCUT2D eigenvalue weighted by Crippen LogP contribution is -2.30. The molecular weight excluding hydrogens is 291 g/mol. The number of benzene rings is 2. The fourth-order valence-corrected chi connectivity index (χ4v) is 3.50. The zero-order valence-corrected chi connectivity index (χ0v) is 12.5. The van der Waals surface area contributed by atoms with E-state index in [-0.39, 0.29) is 11.4 Å². The molecule has 0 bridgehead atoms. The second kappa shape index (κ2) is 6.24. The number of rotatable bonds is 5. The lowest BCUT2D eigenvalue weighted by molar-refractivity contribution is 0.591. The third-order valence-corrected chi connectivity index (χ3v) is 5.07. The van der Waals surface area contributed by atoms with E-state index in [1.807, 2.05) is 0 Å². The van der Waals surface area contributed by atoms with Crippen molar-refractivity contribution in [1.82, 2.24) is 0 Å². The van der Waals surface area contributed by atoms with E-state index in [2.05, 4.69) is 0 Å². The molecule has 2 aromatic rings. The molecule has 0 unspecified atom stereocenters. The van der Waals surface area contributed by atoms with E-state index in [1.165, 1.54) is 40.7 Å². The molecule has 0 saturated heterocycles. The number of anilines is 1. The van der Waals surface area contributed by atoms with Gasteiger partial charge in [0.15, 0.2) is 0 Å². The van der Waals surface area contributed by atoms with Gasteiger partial charge in [-0.3, -0.25) is 4.31 Å². The van der Waals surface area contributed by atoms with Crippen molar-refractivity contribution in [2.75, 3.05) is 10.8 Å². The van der Waals surface area contributed by atoms with Gasteiger partial charge in [0.2, 0.25) is 0 Å². The third-order valence-electron chi connectivity index (χ3n) is 3.15. The van der Waals surface area contributed by atoms with E-state index in [9.17, 15) is 12.8 Å². The van der Waals surface area contributed by atoms with E-state index in [1.54, 1.807) is 19.1 Å². The number of halogens is 1. The minimum absolute atomic E-state index is 0.186. The van der Waals surface area contributed by atoms with E-state index >= 15 is 0 Å². The van der Waals surface area contributed by atoms with Crippen LogP contribution in [0, 0.1) is 5.82 Å². The normalized spacial score (nSPS) is 11.4. The predicted octanol–water partition coefficient (Wildman–Crippen LogP) is 2.50. The summed E-state index contributed by atoms with van der Waals surface area (Å²) < 4.78 is 39.5. The van der Waals surface area contributed by atoms with Gasteiger partial charge in [0.05, 0.1) is 10.6 Å². The summed E-state index contributed by atoms with van der Waals surface area (Å²) in [5.41, 5.74) is 6.80. The average molecular weight is 308 g/mol. The summed E-state index contributed by atoms with van der Waals surface area (Å²) in [6.45, 7) is 2.34. The molecule has 4 nitrogen and oxygen atoms in total. The minimum atomic E-state index is -3.67. The van der Waals surface area contributed by atoms with Crippen LogP contribution in [-0.2, 0) is 16.6 Å². The van der Waals surface area contributed by atoms with Crippen LogP contribution in [0.15, 0.2) is 53.4 Å². The highest BCUT2D eigenvalue weighted by atomic mass is 32.2. The summed E-state index contributed by atoms with van der Waals surface area (Å²) >= 11 is 0. The average Bonchev–Trinajstić information content (AvgIpc) is 2.50. The zero-order valence-electron chi connectivity index (χ0n) is 11.7. The quantitative estimate of drug-likeness (QED) is 0.923. The molecule has 0 aliphatic carbocycles. The number of hydrogen-bond donors (Lipinski definition) is 1. The largest absolute Gasteiger partial charge is 0.326 e. The Labute approximate surface area is 124 Å². The summed E-state index contributed by atoms with van der Waals surface area (Å²) in [6, 6.07) is 11.8. The monoisotopic (exact) mass is 308 g/mol. The fraction of sp³-hybridized carbons (Fsp3) is 0.200. The predicted molar refractivity (Wildman–Crippen MR) is 80.9 cm³/mol. The maximum absolute atomic E-state index is 13.0. The van der Waals surface area contributed by atoms with Gasteiger partial charge in [0, 0.05) is 13.1 Å². The van der Waals surface area contributed by atoms with Crippen LogP contribution in [0.3, 0.4) is 0 Å². The number of nitrogens with zero attached hydrogens (tertiary/aromatic N) is 1. The zero-order chi connectivity index (χ0) is 15.5. The van der Waals surface area contributed by atoms with Gasteiger partial charge in [-0.05, 0) is 48.9 Å². The molecule has 2 aromatic carbocycles. The molecule has 0 aliphatic heterocycles. The first-order chi connectivity index (χ1) is 9.98. The summed E-state index contributed by atoms with van der Waals surface area (Å²) in [4.78, 5) is 0.186. The lowest BCUT2D eigenvalue weighted by Gasteiger charge is -2.23. The van der Waals surface area contributed by atoms with Gasteiger partial charge in [-0.15, -0.1) is 0 Å². The number of hydrogen-bond acceptors (Lipinski definition) is 3. The summed E-state index contributed by atoms with van der Waals surface area (Å²) in [7, 11) is -3.67. The second-order valence-electron chi connectivity index (χ2n) is 4.49. The maximum atomic E-state index is 13.0. The van der Waals surface area contributed by atoms with Crippen molar-refractivity contribution < 1.29 is 12.8 Å². The molecule has 0 atom stereocenters. The Hall–Kier alpha value is -1.92. The second-order valence-corrected chi connectivity index (χ2v) is 6.36. The van der Waals surface area contributed by atoms with Crippen LogP contribution in [0.25, 0.3) is 0 Å². The van der Waals surface area contributed by atoms with Crippen molar-refractivity contribution >= 4 is 15.7 Å². The van der Waals surface area contributed by atoms with Crippen molar-refractivity contribution in [3.8, 4) is 0 Å². The van der Waals surface area contributed by atoms with Gasteiger partial charge in [-0.2, -0.15) is 0 Å². The highest BCUT2D eigenvalue weighted by Gasteiger charge is 2.23. The molecule has 21 heavy (non-hydrogen) atoms. The third kappa shape index (κ3) is 3.22. The molecule has 0 amide bonds. The van der Waals surface area contributed by atoms with Crippen LogP contribution in [-0.4, -0.2) is 15.0 Å². The van der Waals surface area contributed by atoms with Crippen molar-refractivity contribution in [3.63, 3.8) is 0 Å². The van der Waals surface area contributed by atoms with E-state index in [0.29, 0.717) is 12.2 Å². The van der Waals surface area contributed by atoms with Crippen LogP contribution in [0.2, 0.25) is 0 Å². The molecule has 6 heteroatoms. The Bertz CT molecular complexity index is 697. The Morgan fingerprint density at radius 3 is 2.10 bits per heavy atom. The lowest BCUT2D eigenvalue weighted by atomic mass is 10.2. The molecule has 2 rings (SSSR count). The van der Waals surface area contributed by atoms with Gasteiger partial charge in [-0.25, -0.2) is 12.8 Å². The Morgan fingerprint density at radius 1 is 1.05 bits per heavy atom.